The van der Waals surface area contributed by atoms with Crippen LogP contribution in [0, 0.1) is 19.8 Å². The van der Waals surface area contributed by atoms with Gasteiger partial charge in [-0.3, -0.25) is 9.78 Å². The molecule has 0 spiro atoms. The van der Waals surface area contributed by atoms with E-state index in [1.807, 2.05) is 19.9 Å². The second-order valence-corrected chi connectivity index (χ2v) is 8.05. The van der Waals surface area contributed by atoms with E-state index in [9.17, 15) is 4.79 Å². The van der Waals surface area contributed by atoms with E-state index < -0.39 is 0 Å². The Labute approximate surface area is 171 Å². The van der Waals surface area contributed by atoms with Gasteiger partial charge in [-0.25, -0.2) is 15.0 Å². The number of rotatable bonds is 4. The first-order valence-electron chi connectivity index (χ1n) is 10.5. The maximum atomic E-state index is 12.8. The Kier molecular flexibility index (Phi) is 5.87. The maximum Gasteiger partial charge on any atom is 0.225 e. The summed E-state index contributed by atoms with van der Waals surface area (Å²) >= 11 is 0. The van der Waals surface area contributed by atoms with Crippen molar-refractivity contribution in [3.63, 3.8) is 0 Å². The first-order chi connectivity index (χ1) is 14.1. The number of nitrogens with zero attached hydrogens (tertiary/aromatic N) is 6. The third kappa shape index (κ3) is 4.81. The van der Waals surface area contributed by atoms with Gasteiger partial charge in [-0.05, 0) is 45.6 Å². The van der Waals surface area contributed by atoms with E-state index in [1.165, 1.54) is 0 Å². The van der Waals surface area contributed by atoms with Crippen molar-refractivity contribution in [3.05, 3.63) is 36.0 Å². The van der Waals surface area contributed by atoms with Crippen LogP contribution in [0.2, 0.25) is 0 Å². The molecule has 0 saturated carbocycles. The molecule has 154 valence electrons. The highest BCUT2D eigenvalue weighted by atomic mass is 16.2. The number of aromatic nitrogens is 4. The average molecular weight is 396 g/mol. The van der Waals surface area contributed by atoms with Crippen LogP contribution in [0.5, 0.6) is 0 Å². The Morgan fingerprint density at radius 1 is 0.966 bits per heavy atom. The number of carbonyl (C=O) groups excluding carboxylic acids is 1. The Bertz CT molecular complexity index is 808. The smallest absolute Gasteiger partial charge is 0.225 e. The number of hydrogen-bond donors (Lipinski definition) is 1. The van der Waals surface area contributed by atoms with Crippen LogP contribution < -0.4 is 15.1 Å². The quantitative estimate of drug-likeness (QED) is 0.846. The van der Waals surface area contributed by atoms with E-state index in [-0.39, 0.29) is 17.9 Å². The molecule has 0 radical (unpaired) electrons. The average Bonchev–Trinajstić information content (AvgIpc) is 2.74. The number of hydrogen-bond acceptors (Lipinski definition) is 7. The van der Waals surface area contributed by atoms with Crippen molar-refractivity contribution in [2.75, 3.05) is 36.0 Å². The van der Waals surface area contributed by atoms with Crippen LogP contribution >= 0.6 is 0 Å². The molecule has 0 aromatic carbocycles. The van der Waals surface area contributed by atoms with Crippen LogP contribution in [0.4, 0.5) is 11.8 Å². The third-order valence-electron chi connectivity index (χ3n) is 5.83. The van der Waals surface area contributed by atoms with Crippen molar-refractivity contribution in [2.24, 2.45) is 5.92 Å². The number of nitrogens with one attached hydrogen (secondary N) is 1. The molecule has 1 N–H and O–H groups in total. The molecule has 1 amide bonds. The topological polar surface area (TPSA) is 87.1 Å². The lowest BCUT2D eigenvalue weighted by atomic mass is 9.94. The Morgan fingerprint density at radius 2 is 1.62 bits per heavy atom. The lowest BCUT2D eigenvalue weighted by Crippen LogP contribution is -2.48. The SMILES string of the molecule is Cc1cc(C)nc(N2CCC(NC(=O)C3CCN(c4cnccn4)CC3)CC2)n1. The minimum absolute atomic E-state index is 0.0868. The van der Waals surface area contributed by atoms with Crippen LogP contribution in [0.1, 0.15) is 37.1 Å². The zero-order valence-corrected chi connectivity index (χ0v) is 17.2. The van der Waals surface area contributed by atoms with E-state index in [4.69, 9.17) is 0 Å². The normalized spacial score (nSPS) is 18.7. The molecule has 2 aromatic rings. The van der Waals surface area contributed by atoms with Gasteiger partial charge in [0.15, 0.2) is 0 Å². The minimum atomic E-state index is 0.0868. The van der Waals surface area contributed by atoms with Crippen LogP contribution in [-0.2, 0) is 4.79 Å². The first-order valence-corrected chi connectivity index (χ1v) is 10.5. The Morgan fingerprint density at radius 3 is 2.24 bits per heavy atom. The van der Waals surface area contributed by atoms with Gasteiger partial charge >= 0.3 is 0 Å². The van der Waals surface area contributed by atoms with Crippen molar-refractivity contribution in [2.45, 2.75) is 45.6 Å². The van der Waals surface area contributed by atoms with Gasteiger partial charge in [0.2, 0.25) is 11.9 Å². The fourth-order valence-corrected chi connectivity index (χ4v) is 4.22. The molecule has 29 heavy (non-hydrogen) atoms. The van der Waals surface area contributed by atoms with Crippen LogP contribution in [-0.4, -0.2) is 58.1 Å². The summed E-state index contributed by atoms with van der Waals surface area (Å²) < 4.78 is 0. The zero-order valence-electron chi connectivity index (χ0n) is 17.2. The van der Waals surface area contributed by atoms with Crippen molar-refractivity contribution in [1.29, 1.82) is 0 Å². The van der Waals surface area contributed by atoms with Crippen LogP contribution in [0.15, 0.2) is 24.7 Å². The fraction of sp³-hybridized carbons (Fsp3) is 0.571. The van der Waals surface area contributed by atoms with E-state index in [1.54, 1.807) is 18.6 Å². The fourth-order valence-electron chi connectivity index (χ4n) is 4.22. The van der Waals surface area contributed by atoms with Gasteiger partial charge in [-0.2, -0.15) is 0 Å². The number of aryl methyl sites for hydroxylation is 2. The molecule has 4 heterocycles. The molecule has 0 bridgehead atoms. The Hall–Kier alpha value is -2.77. The largest absolute Gasteiger partial charge is 0.355 e. The van der Waals surface area contributed by atoms with Gasteiger partial charge in [-0.15, -0.1) is 0 Å². The standard InChI is InChI=1S/C21H29N7O/c1-15-13-16(2)25-21(24-15)28-11-5-18(6-12-28)26-20(29)17-3-9-27(10-4-17)19-14-22-7-8-23-19/h7-8,13-14,17-18H,3-6,9-12H2,1-2H3,(H,26,29). The van der Waals surface area contributed by atoms with E-state index >= 15 is 0 Å². The second-order valence-electron chi connectivity index (χ2n) is 8.05. The molecule has 0 aliphatic carbocycles. The molecule has 2 fully saturated rings. The molecule has 8 heteroatoms. The van der Waals surface area contributed by atoms with Crippen molar-refractivity contribution < 1.29 is 4.79 Å². The van der Waals surface area contributed by atoms with Gasteiger partial charge < -0.3 is 15.1 Å². The molecular formula is C21H29N7O. The lowest BCUT2D eigenvalue weighted by Gasteiger charge is -2.35. The molecule has 2 saturated heterocycles. The number of piperidine rings is 2. The molecule has 2 aliphatic heterocycles. The predicted molar refractivity (Wildman–Crippen MR) is 112 cm³/mol. The number of anilines is 2. The summed E-state index contributed by atoms with van der Waals surface area (Å²) in [7, 11) is 0. The van der Waals surface area contributed by atoms with Gasteiger partial charge in [0, 0.05) is 61.9 Å². The summed E-state index contributed by atoms with van der Waals surface area (Å²) in [6.45, 7) is 7.44. The highest BCUT2D eigenvalue weighted by molar-refractivity contribution is 5.79. The predicted octanol–water partition coefficient (Wildman–Crippen LogP) is 1.89. The maximum absolute atomic E-state index is 12.8. The zero-order chi connectivity index (χ0) is 20.2. The van der Waals surface area contributed by atoms with Crippen LogP contribution in [0.3, 0.4) is 0 Å². The summed E-state index contributed by atoms with van der Waals surface area (Å²) in [5, 5.41) is 3.29. The first kappa shape index (κ1) is 19.5. The number of carbonyl (C=O) groups is 1. The molecule has 8 nitrogen and oxygen atoms in total. The molecule has 4 rings (SSSR count). The molecule has 0 unspecified atom stereocenters. The highest BCUT2D eigenvalue weighted by Crippen LogP contribution is 2.22. The van der Waals surface area contributed by atoms with Gasteiger partial charge in [0.25, 0.3) is 0 Å². The van der Waals surface area contributed by atoms with E-state index in [0.717, 1.165) is 75.0 Å². The minimum Gasteiger partial charge on any atom is -0.355 e. The van der Waals surface area contributed by atoms with E-state index in [2.05, 4.69) is 35.1 Å². The summed E-state index contributed by atoms with van der Waals surface area (Å²) in [5.74, 6) is 1.99. The molecule has 0 atom stereocenters. The molecule has 2 aromatic heterocycles. The van der Waals surface area contributed by atoms with Crippen molar-refractivity contribution in [1.82, 2.24) is 25.3 Å². The lowest BCUT2D eigenvalue weighted by molar-refractivity contribution is -0.126. The summed E-state index contributed by atoms with van der Waals surface area (Å²) in [6, 6.07) is 2.23. The number of amides is 1. The van der Waals surface area contributed by atoms with Gasteiger partial charge in [0.05, 0.1) is 6.20 Å². The highest BCUT2D eigenvalue weighted by Gasteiger charge is 2.29. The molecule has 2 aliphatic rings. The monoisotopic (exact) mass is 395 g/mol. The van der Waals surface area contributed by atoms with Gasteiger partial charge in [0.1, 0.15) is 5.82 Å². The summed E-state index contributed by atoms with van der Waals surface area (Å²) in [4.78, 5) is 34.8. The van der Waals surface area contributed by atoms with Crippen molar-refractivity contribution >= 4 is 17.7 Å². The third-order valence-corrected chi connectivity index (χ3v) is 5.83. The van der Waals surface area contributed by atoms with E-state index in [0.29, 0.717) is 0 Å². The Balaban J connectivity index is 1.24. The summed E-state index contributed by atoms with van der Waals surface area (Å²) in [6.07, 6.45) is 8.76. The second kappa shape index (κ2) is 8.71. The van der Waals surface area contributed by atoms with Crippen molar-refractivity contribution in [3.8, 4) is 0 Å². The molecular weight excluding hydrogens is 366 g/mol. The summed E-state index contributed by atoms with van der Waals surface area (Å²) in [5.41, 5.74) is 1.99. The van der Waals surface area contributed by atoms with Crippen LogP contribution in [0.25, 0.3) is 0 Å². The van der Waals surface area contributed by atoms with Gasteiger partial charge in [-0.1, -0.05) is 0 Å².